The molecule has 0 saturated heterocycles. The number of allylic oxidation sites excluding steroid dienone is 2. The number of aromatic hydroxyl groups is 2. The quantitative estimate of drug-likeness (QED) is 0.628. The molecule has 0 bridgehead atoms. The van der Waals surface area contributed by atoms with Crippen LogP contribution < -0.4 is 5.43 Å². The van der Waals surface area contributed by atoms with Crippen LogP contribution in [-0.4, -0.2) is 10.2 Å². The van der Waals surface area contributed by atoms with Gasteiger partial charge in [-0.15, -0.1) is 0 Å². The van der Waals surface area contributed by atoms with Crippen LogP contribution in [0.3, 0.4) is 0 Å². The first-order valence-corrected chi connectivity index (χ1v) is 8.91. The zero-order valence-electron chi connectivity index (χ0n) is 14.0. The highest BCUT2D eigenvalue weighted by Gasteiger charge is 2.22. The van der Waals surface area contributed by atoms with Crippen molar-refractivity contribution in [2.75, 3.05) is 0 Å². The number of hydrogen-bond donors (Lipinski definition) is 2. The predicted molar refractivity (Wildman–Crippen MR) is 103 cm³/mol. The van der Waals surface area contributed by atoms with Crippen molar-refractivity contribution < 1.29 is 14.6 Å². The molecule has 3 aromatic rings. The minimum Gasteiger partial charge on any atom is -0.507 e. The van der Waals surface area contributed by atoms with E-state index in [4.69, 9.17) is 16.0 Å². The third-order valence-corrected chi connectivity index (χ3v) is 5.04. The summed E-state index contributed by atoms with van der Waals surface area (Å²) in [5.74, 6) is -0.0875. The smallest absolute Gasteiger partial charge is 0.197 e. The number of halogens is 1. The van der Waals surface area contributed by atoms with E-state index < -0.39 is 0 Å². The van der Waals surface area contributed by atoms with Gasteiger partial charge < -0.3 is 14.6 Å². The summed E-state index contributed by atoms with van der Waals surface area (Å²) in [5, 5.41) is 21.2. The molecule has 0 spiro atoms. The molecule has 0 atom stereocenters. The van der Waals surface area contributed by atoms with Gasteiger partial charge in [-0.1, -0.05) is 29.8 Å². The Morgan fingerprint density at radius 3 is 2.58 bits per heavy atom. The summed E-state index contributed by atoms with van der Waals surface area (Å²) in [6, 6.07) is 9.59. The van der Waals surface area contributed by atoms with Gasteiger partial charge in [0.25, 0.3) is 0 Å². The molecule has 1 aliphatic rings. The Morgan fingerprint density at radius 2 is 1.85 bits per heavy atom. The van der Waals surface area contributed by atoms with E-state index >= 15 is 0 Å². The molecule has 1 aromatic heterocycles. The van der Waals surface area contributed by atoms with Crippen molar-refractivity contribution in [2.24, 2.45) is 0 Å². The highest BCUT2D eigenvalue weighted by Crippen LogP contribution is 2.42. The van der Waals surface area contributed by atoms with Crippen LogP contribution in [0, 0.1) is 0 Å². The molecule has 132 valence electrons. The molecule has 2 aromatic carbocycles. The topological polar surface area (TPSA) is 70.7 Å². The molecular formula is C21H17ClO4. The first kappa shape index (κ1) is 16.7. The molecule has 0 amide bonds. The summed E-state index contributed by atoms with van der Waals surface area (Å²) in [6.45, 7) is 0. The Hall–Kier alpha value is -2.72. The van der Waals surface area contributed by atoms with Crippen LogP contribution in [0.25, 0.3) is 27.9 Å². The molecule has 0 radical (unpaired) electrons. The second-order valence-electron chi connectivity index (χ2n) is 6.42. The number of fused-ring (bicyclic) bond motifs is 1. The normalized spacial score (nSPS) is 14.4. The van der Waals surface area contributed by atoms with Crippen molar-refractivity contribution in [3.8, 4) is 22.8 Å². The number of hydrogen-bond acceptors (Lipinski definition) is 4. The van der Waals surface area contributed by atoms with Crippen LogP contribution in [0.4, 0.5) is 0 Å². The van der Waals surface area contributed by atoms with Gasteiger partial charge in [-0.25, -0.2) is 0 Å². The molecule has 0 aliphatic heterocycles. The molecule has 2 N–H and O–H groups in total. The van der Waals surface area contributed by atoms with Crippen molar-refractivity contribution in [1.82, 2.24) is 0 Å². The predicted octanol–water partition coefficient (Wildman–Crippen LogP) is 5.48. The standard InChI is InChI=1S/C21H17ClO4/c22-14-9-5-4-8-13(14)18-11-17(25)20-16(24)10-15(23)19(21(20)26-18)12-6-2-1-3-7-12/h4-6,8-11,23-24H,1-3,7H2. The van der Waals surface area contributed by atoms with E-state index in [1.165, 1.54) is 12.1 Å². The third kappa shape index (κ3) is 2.76. The lowest BCUT2D eigenvalue weighted by Gasteiger charge is -2.17. The summed E-state index contributed by atoms with van der Waals surface area (Å²) in [7, 11) is 0. The van der Waals surface area contributed by atoms with Gasteiger partial charge in [-0.2, -0.15) is 0 Å². The maximum atomic E-state index is 12.7. The summed E-state index contributed by atoms with van der Waals surface area (Å²) >= 11 is 6.24. The van der Waals surface area contributed by atoms with Gasteiger partial charge in [0.2, 0.25) is 0 Å². The van der Waals surface area contributed by atoms with Gasteiger partial charge in [-0.05, 0) is 43.4 Å². The third-order valence-electron chi connectivity index (χ3n) is 4.71. The number of rotatable bonds is 2. The van der Waals surface area contributed by atoms with Crippen LogP contribution >= 0.6 is 11.6 Å². The molecule has 4 nitrogen and oxygen atoms in total. The molecule has 5 heteroatoms. The van der Waals surface area contributed by atoms with Gasteiger partial charge in [0.1, 0.15) is 22.6 Å². The van der Waals surface area contributed by atoms with Gasteiger partial charge in [0, 0.05) is 17.7 Å². The van der Waals surface area contributed by atoms with Crippen LogP contribution in [0.2, 0.25) is 5.02 Å². The summed E-state index contributed by atoms with van der Waals surface area (Å²) in [6.07, 6.45) is 5.84. The Bertz CT molecular complexity index is 1100. The number of benzene rings is 2. The zero-order valence-corrected chi connectivity index (χ0v) is 14.7. The molecular weight excluding hydrogens is 352 g/mol. The second-order valence-corrected chi connectivity index (χ2v) is 6.83. The highest BCUT2D eigenvalue weighted by atomic mass is 35.5. The lowest BCUT2D eigenvalue weighted by molar-refractivity contribution is 0.450. The van der Waals surface area contributed by atoms with E-state index in [0.717, 1.165) is 31.3 Å². The van der Waals surface area contributed by atoms with Gasteiger partial charge in [0.15, 0.2) is 11.0 Å². The lowest BCUT2D eigenvalue weighted by Crippen LogP contribution is -2.04. The van der Waals surface area contributed by atoms with Crippen LogP contribution in [0.15, 0.2) is 51.7 Å². The Labute approximate surface area is 155 Å². The number of phenolic OH excluding ortho intramolecular Hbond substituents is 2. The van der Waals surface area contributed by atoms with Crippen LogP contribution in [0.5, 0.6) is 11.5 Å². The summed E-state index contributed by atoms with van der Waals surface area (Å²) in [4.78, 5) is 12.7. The number of phenols is 2. The molecule has 4 rings (SSSR count). The lowest BCUT2D eigenvalue weighted by atomic mass is 9.91. The summed E-state index contributed by atoms with van der Waals surface area (Å²) < 4.78 is 6.01. The molecule has 26 heavy (non-hydrogen) atoms. The van der Waals surface area contributed by atoms with Crippen molar-refractivity contribution in [1.29, 1.82) is 0 Å². The second kappa shape index (κ2) is 6.54. The van der Waals surface area contributed by atoms with Crippen LogP contribution in [-0.2, 0) is 0 Å². The van der Waals surface area contributed by atoms with Crippen molar-refractivity contribution in [3.05, 3.63) is 63.3 Å². The Balaban J connectivity index is 2.07. The van der Waals surface area contributed by atoms with E-state index in [9.17, 15) is 15.0 Å². The van der Waals surface area contributed by atoms with E-state index in [1.54, 1.807) is 24.3 Å². The largest absolute Gasteiger partial charge is 0.507 e. The van der Waals surface area contributed by atoms with E-state index in [-0.39, 0.29) is 27.9 Å². The maximum absolute atomic E-state index is 12.7. The fourth-order valence-electron chi connectivity index (χ4n) is 3.47. The van der Waals surface area contributed by atoms with Crippen LogP contribution in [0.1, 0.15) is 31.2 Å². The average Bonchev–Trinajstić information content (AvgIpc) is 2.62. The van der Waals surface area contributed by atoms with E-state index in [0.29, 0.717) is 21.9 Å². The first-order valence-electron chi connectivity index (χ1n) is 8.53. The maximum Gasteiger partial charge on any atom is 0.197 e. The minimum atomic E-state index is -0.378. The van der Waals surface area contributed by atoms with Gasteiger partial charge >= 0.3 is 0 Å². The van der Waals surface area contributed by atoms with Gasteiger partial charge in [-0.3, -0.25) is 4.79 Å². The fourth-order valence-corrected chi connectivity index (χ4v) is 3.70. The molecule has 1 heterocycles. The molecule has 0 fully saturated rings. The Morgan fingerprint density at radius 1 is 1.04 bits per heavy atom. The fraction of sp³-hybridized carbons (Fsp3) is 0.190. The first-order chi connectivity index (χ1) is 12.6. The van der Waals surface area contributed by atoms with Crippen molar-refractivity contribution >= 4 is 28.1 Å². The molecule has 0 unspecified atom stereocenters. The zero-order chi connectivity index (χ0) is 18.3. The van der Waals surface area contributed by atoms with E-state index in [1.807, 2.05) is 0 Å². The highest BCUT2D eigenvalue weighted by molar-refractivity contribution is 6.33. The Kier molecular flexibility index (Phi) is 4.21. The van der Waals surface area contributed by atoms with Crippen molar-refractivity contribution in [2.45, 2.75) is 25.7 Å². The van der Waals surface area contributed by atoms with E-state index in [2.05, 4.69) is 6.08 Å². The van der Waals surface area contributed by atoms with Crippen molar-refractivity contribution in [3.63, 3.8) is 0 Å². The monoisotopic (exact) mass is 368 g/mol. The van der Waals surface area contributed by atoms with Gasteiger partial charge in [0.05, 0.1) is 10.6 Å². The molecule has 0 saturated carbocycles. The average molecular weight is 369 g/mol. The SMILES string of the molecule is O=c1cc(-c2ccccc2Cl)oc2c(C3=CCCCC3)c(O)cc(O)c12. The minimum absolute atomic E-state index is 0.0695. The molecule has 1 aliphatic carbocycles. The summed E-state index contributed by atoms with van der Waals surface area (Å²) in [5.41, 5.74) is 1.80.